The van der Waals surface area contributed by atoms with E-state index in [9.17, 15) is 13.6 Å². The van der Waals surface area contributed by atoms with Crippen molar-refractivity contribution in [1.82, 2.24) is 29.8 Å². The van der Waals surface area contributed by atoms with Gasteiger partial charge in [-0.2, -0.15) is 10.2 Å². The van der Waals surface area contributed by atoms with Crippen molar-refractivity contribution in [3.63, 3.8) is 0 Å². The van der Waals surface area contributed by atoms with Crippen LogP contribution in [0.3, 0.4) is 0 Å². The number of halogens is 2. The molecule has 2 aromatic carbocycles. The summed E-state index contributed by atoms with van der Waals surface area (Å²) in [6.45, 7) is 3.39. The van der Waals surface area contributed by atoms with Crippen molar-refractivity contribution in [2.45, 2.75) is 57.0 Å². The molecule has 3 heterocycles. The highest BCUT2D eigenvalue weighted by atomic mass is 19.2. The van der Waals surface area contributed by atoms with E-state index < -0.39 is 11.6 Å². The lowest BCUT2D eigenvalue weighted by Crippen LogP contribution is -2.41. The van der Waals surface area contributed by atoms with Crippen LogP contribution in [0.25, 0.3) is 16.9 Å². The predicted octanol–water partition coefficient (Wildman–Crippen LogP) is 4.93. The molecule has 4 aromatic rings. The predicted molar refractivity (Wildman–Crippen MR) is 149 cm³/mol. The van der Waals surface area contributed by atoms with E-state index in [4.69, 9.17) is 5.10 Å². The van der Waals surface area contributed by atoms with E-state index in [1.54, 1.807) is 16.9 Å². The van der Waals surface area contributed by atoms with E-state index in [-0.39, 0.29) is 24.3 Å². The smallest absolute Gasteiger partial charge is 0.226 e. The maximum absolute atomic E-state index is 14.2. The van der Waals surface area contributed by atoms with Crippen LogP contribution in [0, 0.1) is 18.6 Å². The number of rotatable bonds is 7. The van der Waals surface area contributed by atoms with Crippen molar-refractivity contribution in [2.24, 2.45) is 7.05 Å². The summed E-state index contributed by atoms with van der Waals surface area (Å²) in [6, 6.07) is 14.2. The Morgan fingerprint density at radius 3 is 2.52 bits per heavy atom. The van der Waals surface area contributed by atoms with Crippen molar-refractivity contribution < 1.29 is 13.6 Å². The molecule has 2 aliphatic rings. The Morgan fingerprint density at radius 2 is 1.82 bits per heavy atom. The van der Waals surface area contributed by atoms with Gasteiger partial charge in [0.25, 0.3) is 0 Å². The first kappa shape index (κ1) is 26.4. The molecule has 1 saturated heterocycles. The summed E-state index contributed by atoms with van der Waals surface area (Å²) in [5.74, 6) is -1.95. The Labute approximate surface area is 232 Å². The lowest BCUT2D eigenvalue weighted by molar-refractivity contribution is -0.121. The van der Waals surface area contributed by atoms with Crippen LogP contribution in [0.5, 0.6) is 0 Å². The number of carbonyl (C=O) groups excluding carboxylic acids is 1. The lowest BCUT2D eigenvalue weighted by Gasteiger charge is -2.23. The Kier molecular flexibility index (Phi) is 7.23. The molecule has 1 amide bonds. The van der Waals surface area contributed by atoms with Gasteiger partial charge in [-0.1, -0.05) is 37.1 Å². The summed E-state index contributed by atoms with van der Waals surface area (Å²) in [4.78, 5) is 16.1. The SMILES string of the molecule is Cc1c(-c2cnn(C)c2)nn(-c2ccccc2)c1CC(=O)N[C@@H]1CN(C2CCCC2)C[C@H]1c1ccc(F)c(F)c1. The second kappa shape index (κ2) is 11.0. The molecular formula is C31H34F2N6O. The third-order valence-electron chi connectivity index (χ3n) is 8.46. The van der Waals surface area contributed by atoms with Crippen LogP contribution >= 0.6 is 0 Å². The summed E-state index contributed by atoms with van der Waals surface area (Å²) in [5, 5.41) is 12.5. The lowest BCUT2D eigenvalue weighted by atomic mass is 9.94. The average Bonchev–Trinajstić information content (AvgIpc) is 3.75. The maximum Gasteiger partial charge on any atom is 0.226 e. The molecule has 1 aliphatic heterocycles. The van der Waals surface area contributed by atoms with Crippen molar-refractivity contribution in [3.8, 4) is 16.9 Å². The molecule has 0 spiro atoms. The summed E-state index contributed by atoms with van der Waals surface area (Å²) in [5.41, 5.74) is 4.98. The van der Waals surface area contributed by atoms with Gasteiger partial charge < -0.3 is 5.32 Å². The summed E-state index contributed by atoms with van der Waals surface area (Å²) in [6.07, 6.45) is 8.51. The molecule has 208 valence electrons. The van der Waals surface area contributed by atoms with Crippen LogP contribution in [0.1, 0.15) is 48.4 Å². The Balaban J connectivity index is 1.28. The van der Waals surface area contributed by atoms with Gasteiger partial charge in [-0.3, -0.25) is 14.4 Å². The minimum absolute atomic E-state index is 0.120. The fourth-order valence-corrected chi connectivity index (χ4v) is 6.38. The molecule has 2 atom stereocenters. The summed E-state index contributed by atoms with van der Waals surface area (Å²) < 4.78 is 31.5. The highest BCUT2D eigenvalue weighted by Gasteiger charge is 2.39. The molecule has 2 fully saturated rings. The molecule has 1 saturated carbocycles. The Morgan fingerprint density at radius 1 is 1.05 bits per heavy atom. The molecule has 7 nitrogen and oxygen atoms in total. The first-order valence-electron chi connectivity index (χ1n) is 14.0. The Hall–Kier alpha value is -3.85. The number of hydrogen-bond acceptors (Lipinski definition) is 4. The van der Waals surface area contributed by atoms with Gasteiger partial charge in [0.2, 0.25) is 5.91 Å². The van der Waals surface area contributed by atoms with Gasteiger partial charge in [-0.15, -0.1) is 0 Å². The maximum atomic E-state index is 14.2. The highest BCUT2D eigenvalue weighted by molar-refractivity contribution is 5.80. The number of carbonyl (C=O) groups is 1. The zero-order valence-corrected chi connectivity index (χ0v) is 22.9. The van der Waals surface area contributed by atoms with Crippen LogP contribution in [-0.4, -0.2) is 55.5 Å². The van der Waals surface area contributed by atoms with Gasteiger partial charge in [0.15, 0.2) is 11.6 Å². The number of nitrogens with zero attached hydrogens (tertiary/aromatic N) is 5. The molecule has 0 unspecified atom stereocenters. The molecule has 9 heteroatoms. The van der Waals surface area contributed by atoms with E-state index in [1.165, 1.54) is 25.0 Å². The molecule has 0 radical (unpaired) electrons. The van der Waals surface area contributed by atoms with E-state index in [0.29, 0.717) is 24.7 Å². The van der Waals surface area contributed by atoms with E-state index in [0.717, 1.165) is 41.0 Å². The van der Waals surface area contributed by atoms with Gasteiger partial charge in [0.05, 0.1) is 29.7 Å². The number of likely N-dealkylation sites (tertiary alicyclic amines) is 1. The zero-order valence-electron chi connectivity index (χ0n) is 22.9. The molecule has 6 rings (SSSR count). The van der Waals surface area contributed by atoms with Crippen molar-refractivity contribution in [3.05, 3.63) is 89.4 Å². The van der Waals surface area contributed by atoms with E-state index in [2.05, 4.69) is 15.3 Å². The van der Waals surface area contributed by atoms with Gasteiger partial charge in [-0.25, -0.2) is 13.5 Å². The fourth-order valence-electron chi connectivity index (χ4n) is 6.38. The topological polar surface area (TPSA) is 68.0 Å². The summed E-state index contributed by atoms with van der Waals surface area (Å²) >= 11 is 0. The minimum atomic E-state index is -0.857. The summed E-state index contributed by atoms with van der Waals surface area (Å²) in [7, 11) is 1.86. The van der Waals surface area contributed by atoms with E-state index in [1.807, 2.05) is 55.2 Å². The molecule has 2 aromatic heterocycles. The van der Waals surface area contributed by atoms with Gasteiger partial charge in [0, 0.05) is 49.9 Å². The number of aryl methyl sites for hydroxylation is 1. The fraction of sp³-hybridized carbons (Fsp3) is 0.387. The van der Waals surface area contributed by atoms with Crippen LogP contribution in [0.4, 0.5) is 8.78 Å². The highest BCUT2D eigenvalue weighted by Crippen LogP contribution is 2.34. The third-order valence-corrected chi connectivity index (χ3v) is 8.46. The number of hydrogen-bond donors (Lipinski definition) is 1. The molecule has 0 bridgehead atoms. The number of benzene rings is 2. The minimum Gasteiger partial charge on any atom is -0.351 e. The van der Waals surface area contributed by atoms with Gasteiger partial charge in [-0.05, 0) is 55.2 Å². The number of amides is 1. The molecule has 40 heavy (non-hydrogen) atoms. The normalized spacial score (nSPS) is 19.9. The molecular weight excluding hydrogens is 510 g/mol. The standard InChI is InChI=1S/C31H34F2N6O/c1-20-29(39(24-10-4-3-5-11-24)36-31(20)22-16-34-37(2)17-22)15-30(40)35-28-19-38(23-8-6-7-9-23)18-25(28)21-12-13-26(32)27(33)14-21/h3-5,10-14,16-17,23,25,28H,6-9,15,18-19H2,1-2H3,(H,35,40)/t25-,28+/m0/s1. The van der Waals surface area contributed by atoms with Crippen LogP contribution in [-0.2, 0) is 18.3 Å². The van der Waals surface area contributed by atoms with Crippen molar-refractivity contribution >= 4 is 5.91 Å². The molecule has 1 aliphatic carbocycles. The average molecular weight is 545 g/mol. The van der Waals surface area contributed by atoms with Crippen LogP contribution in [0.2, 0.25) is 0 Å². The first-order valence-corrected chi connectivity index (χ1v) is 14.0. The second-order valence-electron chi connectivity index (χ2n) is 11.1. The van der Waals surface area contributed by atoms with Crippen LogP contribution in [0.15, 0.2) is 60.9 Å². The monoisotopic (exact) mass is 544 g/mol. The third kappa shape index (κ3) is 5.18. The van der Waals surface area contributed by atoms with Crippen molar-refractivity contribution in [2.75, 3.05) is 13.1 Å². The largest absolute Gasteiger partial charge is 0.351 e. The number of aromatic nitrogens is 4. The van der Waals surface area contributed by atoms with E-state index >= 15 is 0 Å². The van der Waals surface area contributed by atoms with Crippen LogP contribution < -0.4 is 5.32 Å². The van der Waals surface area contributed by atoms with Crippen molar-refractivity contribution in [1.29, 1.82) is 0 Å². The molecule has 1 N–H and O–H groups in total. The number of nitrogens with one attached hydrogen (secondary N) is 1. The van der Waals surface area contributed by atoms with Gasteiger partial charge in [0.1, 0.15) is 0 Å². The number of para-hydroxylation sites is 1. The quantitative estimate of drug-likeness (QED) is 0.358. The zero-order chi connectivity index (χ0) is 27.8. The Bertz CT molecular complexity index is 1510. The second-order valence-corrected chi connectivity index (χ2v) is 11.1. The van der Waals surface area contributed by atoms with Gasteiger partial charge >= 0.3 is 0 Å². The first-order chi connectivity index (χ1) is 19.4.